The quantitative estimate of drug-likeness (QED) is 0.880. The second kappa shape index (κ2) is 6.45. The molecule has 1 aliphatic heterocycles. The first-order chi connectivity index (χ1) is 9.19. The molecule has 1 aromatic heterocycles. The molecule has 0 radical (unpaired) electrons. The second-order valence-electron chi connectivity index (χ2n) is 4.75. The third-order valence-electron chi connectivity index (χ3n) is 3.72. The molecule has 1 saturated heterocycles. The summed E-state index contributed by atoms with van der Waals surface area (Å²) < 4.78 is 0. The molecule has 19 heavy (non-hydrogen) atoms. The molecule has 1 unspecified atom stereocenters. The van der Waals surface area contributed by atoms with E-state index in [-0.39, 0.29) is 5.91 Å². The number of thiazole rings is 1. The number of nitrogens with two attached hydrogens (primary N) is 1. The summed E-state index contributed by atoms with van der Waals surface area (Å²) in [6, 6.07) is 0.492. The normalized spacial score (nSPS) is 19.4. The van der Waals surface area contributed by atoms with Gasteiger partial charge in [-0.1, -0.05) is 13.8 Å². The van der Waals surface area contributed by atoms with Crippen molar-refractivity contribution in [2.24, 2.45) is 5.73 Å². The largest absolute Gasteiger partial charge is 0.336 e. The maximum Gasteiger partial charge on any atom is 0.273 e. The van der Waals surface area contributed by atoms with Gasteiger partial charge in [-0.3, -0.25) is 9.69 Å². The highest BCUT2D eigenvalue weighted by molar-refractivity contribution is 7.09. The Morgan fingerprint density at radius 1 is 1.58 bits per heavy atom. The molecule has 0 saturated carbocycles. The van der Waals surface area contributed by atoms with E-state index in [9.17, 15) is 4.79 Å². The summed E-state index contributed by atoms with van der Waals surface area (Å²) in [7, 11) is 0. The Labute approximate surface area is 118 Å². The summed E-state index contributed by atoms with van der Waals surface area (Å²) in [5.41, 5.74) is 6.08. The molecular formula is C13H22N4OS. The average molecular weight is 282 g/mol. The fourth-order valence-electron chi connectivity index (χ4n) is 2.63. The molecule has 0 bridgehead atoms. The number of amides is 1. The zero-order valence-corrected chi connectivity index (χ0v) is 12.4. The van der Waals surface area contributed by atoms with E-state index in [1.165, 1.54) is 11.3 Å². The lowest BCUT2D eigenvalue weighted by atomic mass is 10.2. The van der Waals surface area contributed by atoms with Gasteiger partial charge in [-0.15, -0.1) is 11.3 Å². The number of likely N-dealkylation sites (N-methyl/N-ethyl adjacent to an activating group) is 1. The summed E-state index contributed by atoms with van der Waals surface area (Å²) in [5.74, 6) is 0.0469. The molecule has 0 aromatic carbocycles. The highest BCUT2D eigenvalue weighted by Gasteiger charge is 2.30. The Morgan fingerprint density at radius 3 is 2.89 bits per heavy atom. The first-order valence-electron chi connectivity index (χ1n) is 6.87. The van der Waals surface area contributed by atoms with Crippen molar-refractivity contribution in [2.75, 3.05) is 26.2 Å². The summed E-state index contributed by atoms with van der Waals surface area (Å²) in [6.07, 6.45) is 1.06. The SMILES string of the molecule is CCN(CC)C1CCN(C(=O)c2csc(CN)n2)C1. The van der Waals surface area contributed by atoms with E-state index in [2.05, 4.69) is 23.7 Å². The van der Waals surface area contributed by atoms with Crippen LogP contribution >= 0.6 is 11.3 Å². The molecule has 0 aliphatic carbocycles. The van der Waals surface area contributed by atoms with Crippen molar-refractivity contribution in [3.8, 4) is 0 Å². The zero-order chi connectivity index (χ0) is 13.8. The van der Waals surface area contributed by atoms with Crippen molar-refractivity contribution < 1.29 is 4.79 Å². The van der Waals surface area contributed by atoms with Gasteiger partial charge >= 0.3 is 0 Å². The molecule has 1 atom stereocenters. The summed E-state index contributed by atoms with van der Waals surface area (Å²) >= 11 is 1.46. The Morgan fingerprint density at radius 2 is 2.32 bits per heavy atom. The maximum atomic E-state index is 12.3. The van der Waals surface area contributed by atoms with E-state index in [4.69, 9.17) is 5.73 Å². The third kappa shape index (κ3) is 3.13. The molecule has 0 spiro atoms. The summed E-state index contributed by atoms with van der Waals surface area (Å²) in [5, 5.41) is 2.64. The van der Waals surface area contributed by atoms with Crippen LogP contribution in [0.2, 0.25) is 0 Å². The van der Waals surface area contributed by atoms with Crippen molar-refractivity contribution in [1.29, 1.82) is 0 Å². The minimum Gasteiger partial charge on any atom is -0.336 e. The van der Waals surface area contributed by atoms with Gasteiger partial charge in [0, 0.05) is 31.1 Å². The molecule has 6 heteroatoms. The van der Waals surface area contributed by atoms with Crippen LogP contribution in [0, 0.1) is 0 Å². The van der Waals surface area contributed by atoms with Gasteiger partial charge in [-0.2, -0.15) is 0 Å². The molecule has 5 nitrogen and oxygen atoms in total. The highest BCUT2D eigenvalue weighted by atomic mass is 32.1. The molecular weight excluding hydrogens is 260 g/mol. The molecule has 106 valence electrons. The first-order valence-corrected chi connectivity index (χ1v) is 7.75. The fraction of sp³-hybridized carbons (Fsp3) is 0.692. The van der Waals surface area contributed by atoms with Crippen LogP contribution in [0.5, 0.6) is 0 Å². The monoisotopic (exact) mass is 282 g/mol. The van der Waals surface area contributed by atoms with Crippen LogP contribution in [-0.4, -0.2) is 52.9 Å². The van der Waals surface area contributed by atoms with E-state index in [0.29, 0.717) is 18.3 Å². The van der Waals surface area contributed by atoms with E-state index < -0.39 is 0 Å². The Balaban J connectivity index is 1.98. The van der Waals surface area contributed by atoms with Crippen molar-refractivity contribution in [3.63, 3.8) is 0 Å². The number of hydrogen-bond acceptors (Lipinski definition) is 5. The van der Waals surface area contributed by atoms with Crippen LogP contribution in [-0.2, 0) is 6.54 Å². The van der Waals surface area contributed by atoms with Gasteiger partial charge in [0.1, 0.15) is 10.7 Å². The molecule has 2 N–H and O–H groups in total. The van der Waals surface area contributed by atoms with Gasteiger partial charge in [0.25, 0.3) is 5.91 Å². The number of nitrogens with zero attached hydrogens (tertiary/aromatic N) is 3. The van der Waals surface area contributed by atoms with Gasteiger partial charge < -0.3 is 10.6 Å². The zero-order valence-electron chi connectivity index (χ0n) is 11.6. The Kier molecular flexibility index (Phi) is 4.90. The van der Waals surface area contributed by atoms with Crippen molar-refractivity contribution in [3.05, 3.63) is 16.1 Å². The van der Waals surface area contributed by atoms with Crippen LogP contribution in [0.15, 0.2) is 5.38 Å². The number of rotatable bonds is 5. The van der Waals surface area contributed by atoms with Crippen molar-refractivity contribution in [1.82, 2.24) is 14.8 Å². The number of aromatic nitrogens is 1. The lowest BCUT2D eigenvalue weighted by Crippen LogP contribution is -2.38. The van der Waals surface area contributed by atoms with Crippen molar-refractivity contribution >= 4 is 17.2 Å². The first kappa shape index (κ1) is 14.4. The topological polar surface area (TPSA) is 62.5 Å². The minimum atomic E-state index is 0.0469. The van der Waals surface area contributed by atoms with Crippen LogP contribution < -0.4 is 5.73 Å². The number of hydrogen-bond donors (Lipinski definition) is 1. The lowest BCUT2D eigenvalue weighted by Gasteiger charge is -2.25. The van der Waals surface area contributed by atoms with Gasteiger partial charge in [0.15, 0.2) is 0 Å². The van der Waals surface area contributed by atoms with Gasteiger partial charge in [0.2, 0.25) is 0 Å². The van der Waals surface area contributed by atoms with E-state index in [1.807, 2.05) is 10.3 Å². The Bertz CT molecular complexity index is 430. The predicted molar refractivity (Wildman–Crippen MR) is 77.2 cm³/mol. The van der Waals surface area contributed by atoms with Gasteiger partial charge in [-0.05, 0) is 19.5 Å². The molecule has 1 aliphatic rings. The summed E-state index contributed by atoms with van der Waals surface area (Å²) in [4.78, 5) is 20.9. The third-order valence-corrected chi connectivity index (χ3v) is 4.60. The van der Waals surface area contributed by atoms with Crippen LogP contribution in [0.3, 0.4) is 0 Å². The van der Waals surface area contributed by atoms with Crippen LogP contribution in [0.1, 0.15) is 35.8 Å². The highest BCUT2D eigenvalue weighted by Crippen LogP contribution is 2.19. The van der Waals surface area contributed by atoms with Crippen LogP contribution in [0.4, 0.5) is 0 Å². The average Bonchev–Trinajstić information content (AvgIpc) is 3.08. The smallest absolute Gasteiger partial charge is 0.273 e. The minimum absolute atomic E-state index is 0.0469. The van der Waals surface area contributed by atoms with E-state index in [0.717, 1.165) is 37.6 Å². The van der Waals surface area contributed by atoms with E-state index in [1.54, 1.807) is 0 Å². The molecule has 1 fully saturated rings. The fourth-order valence-corrected chi connectivity index (χ4v) is 3.28. The Hall–Kier alpha value is -0.980. The van der Waals surface area contributed by atoms with Gasteiger partial charge in [-0.25, -0.2) is 4.98 Å². The second-order valence-corrected chi connectivity index (χ2v) is 5.69. The van der Waals surface area contributed by atoms with E-state index >= 15 is 0 Å². The summed E-state index contributed by atoms with van der Waals surface area (Å²) in [6.45, 7) is 8.46. The molecule has 1 aromatic rings. The maximum absolute atomic E-state index is 12.3. The molecule has 1 amide bonds. The lowest BCUT2D eigenvalue weighted by molar-refractivity contribution is 0.0773. The molecule has 2 rings (SSSR count). The van der Waals surface area contributed by atoms with Crippen molar-refractivity contribution in [2.45, 2.75) is 32.9 Å². The standard InChI is InChI=1S/C13H22N4OS/c1-3-16(4-2)10-5-6-17(8-10)13(18)11-9-19-12(7-14)15-11/h9-10H,3-8,14H2,1-2H3. The van der Waals surface area contributed by atoms with Crippen LogP contribution in [0.25, 0.3) is 0 Å². The predicted octanol–water partition coefficient (Wildman–Crippen LogP) is 1.16. The number of likely N-dealkylation sites (tertiary alicyclic amines) is 1. The number of carbonyl (C=O) groups is 1. The number of carbonyl (C=O) groups excluding carboxylic acids is 1. The molecule has 2 heterocycles. The van der Waals surface area contributed by atoms with Gasteiger partial charge in [0.05, 0.1) is 0 Å².